The fourth-order valence-electron chi connectivity index (χ4n) is 1.61. The molecule has 0 atom stereocenters. The molecule has 0 bridgehead atoms. The summed E-state index contributed by atoms with van der Waals surface area (Å²) in [6.45, 7) is 0.191. The monoisotopic (exact) mass is 264 g/mol. The zero-order valence-electron chi connectivity index (χ0n) is 10.2. The van der Waals surface area contributed by atoms with Crippen molar-refractivity contribution < 1.29 is 14.5 Å². The van der Waals surface area contributed by atoms with Gasteiger partial charge >= 0.3 is 0 Å². The van der Waals surface area contributed by atoms with Gasteiger partial charge in [-0.3, -0.25) is 14.9 Å². The van der Waals surface area contributed by atoms with Crippen LogP contribution in [0.4, 0.5) is 5.69 Å². The third-order valence-corrected chi connectivity index (χ3v) is 2.45. The largest absolute Gasteiger partial charge is 0.375 e. The Morgan fingerprint density at radius 3 is 3.05 bits per heavy atom. The van der Waals surface area contributed by atoms with Crippen LogP contribution in [0.15, 0.2) is 18.2 Å². The first-order valence-electron chi connectivity index (χ1n) is 5.49. The molecule has 0 spiro atoms. The Kier molecular flexibility index (Phi) is 3.71. The number of nitrogens with zero attached hydrogens (tertiary/aromatic N) is 2. The summed E-state index contributed by atoms with van der Waals surface area (Å²) >= 11 is 0. The highest BCUT2D eigenvalue weighted by Gasteiger charge is 2.10. The highest BCUT2D eigenvalue weighted by atomic mass is 16.6. The Bertz CT molecular complexity index is 622. The maximum atomic E-state index is 11.2. The Morgan fingerprint density at radius 2 is 2.37 bits per heavy atom. The first-order chi connectivity index (χ1) is 9.10. The number of aromatic amines is 1. The number of ether oxygens (including phenoxy) is 1. The number of fused-ring (bicyclic) bond motifs is 1. The molecule has 8 heteroatoms. The number of nitrogens with one attached hydrogen (secondary N) is 2. The van der Waals surface area contributed by atoms with Crippen LogP contribution in [-0.2, 0) is 16.1 Å². The van der Waals surface area contributed by atoms with Crippen molar-refractivity contribution in [3.8, 4) is 0 Å². The number of carbonyl (C=O) groups excluding carboxylic acids is 1. The summed E-state index contributed by atoms with van der Waals surface area (Å²) in [6, 6.07) is 4.35. The molecule has 0 aliphatic carbocycles. The van der Waals surface area contributed by atoms with E-state index in [9.17, 15) is 14.9 Å². The molecule has 100 valence electrons. The van der Waals surface area contributed by atoms with Crippen molar-refractivity contribution in [2.75, 3.05) is 13.7 Å². The van der Waals surface area contributed by atoms with E-state index in [2.05, 4.69) is 20.0 Å². The smallest absolute Gasteiger partial charge is 0.271 e. The van der Waals surface area contributed by atoms with Crippen molar-refractivity contribution in [1.29, 1.82) is 0 Å². The Balaban J connectivity index is 2.13. The highest BCUT2D eigenvalue weighted by Crippen LogP contribution is 2.18. The molecule has 0 aliphatic heterocycles. The van der Waals surface area contributed by atoms with Gasteiger partial charge in [-0.05, 0) is 6.07 Å². The van der Waals surface area contributed by atoms with Gasteiger partial charge < -0.3 is 15.0 Å². The number of rotatable bonds is 5. The van der Waals surface area contributed by atoms with E-state index in [0.29, 0.717) is 16.9 Å². The van der Waals surface area contributed by atoms with Crippen LogP contribution in [0.2, 0.25) is 0 Å². The molecule has 1 heterocycles. The van der Waals surface area contributed by atoms with Crippen LogP contribution in [0, 0.1) is 10.1 Å². The van der Waals surface area contributed by atoms with Crippen LogP contribution in [0.1, 0.15) is 5.82 Å². The molecule has 1 aromatic heterocycles. The maximum absolute atomic E-state index is 11.2. The van der Waals surface area contributed by atoms with Gasteiger partial charge in [0.15, 0.2) is 0 Å². The predicted molar refractivity (Wildman–Crippen MR) is 66.5 cm³/mol. The molecule has 0 radical (unpaired) electrons. The van der Waals surface area contributed by atoms with Crippen molar-refractivity contribution >= 4 is 22.6 Å². The lowest BCUT2D eigenvalue weighted by atomic mass is 10.3. The van der Waals surface area contributed by atoms with E-state index in [-0.39, 0.29) is 24.7 Å². The summed E-state index contributed by atoms with van der Waals surface area (Å²) in [5.74, 6) is 0.272. The molecule has 1 amide bonds. The highest BCUT2D eigenvalue weighted by molar-refractivity contribution is 5.79. The number of hydrogen-bond donors (Lipinski definition) is 2. The number of carbonyl (C=O) groups is 1. The predicted octanol–water partition coefficient (Wildman–Crippen LogP) is 0.734. The molecule has 0 saturated heterocycles. The summed E-state index contributed by atoms with van der Waals surface area (Å²) < 4.78 is 4.68. The van der Waals surface area contributed by atoms with E-state index >= 15 is 0 Å². The normalized spacial score (nSPS) is 10.6. The molecule has 2 N–H and O–H groups in total. The van der Waals surface area contributed by atoms with Crippen LogP contribution in [-0.4, -0.2) is 34.5 Å². The zero-order valence-corrected chi connectivity index (χ0v) is 10.2. The summed E-state index contributed by atoms with van der Waals surface area (Å²) in [6.07, 6.45) is 0. The number of benzene rings is 1. The molecular formula is C11H12N4O4. The zero-order chi connectivity index (χ0) is 13.8. The molecular weight excluding hydrogens is 252 g/mol. The van der Waals surface area contributed by atoms with Crippen LogP contribution < -0.4 is 5.32 Å². The Labute approximate surface area is 107 Å². The van der Waals surface area contributed by atoms with E-state index < -0.39 is 4.92 Å². The molecule has 1 aromatic carbocycles. The van der Waals surface area contributed by atoms with Gasteiger partial charge in [0.25, 0.3) is 5.69 Å². The number of aromatic nitrogens is 2. The van der Waals surface area contributed by atoms with Crippen LogP contribution in [0.5, 0.6) is 0 Å². The van der Waals surface area contributed by atoms with Crippen LogP contribution >= 0.6 is 0 Å². The molecule has 19 heavy (non-hydrogen) atoms. The Morgan fingerprint density at radius 1 is 1.58 bits per heavy atom. The van der Waals surface area contributed by atoms with E-state index in [4.69, 9.17) is 0 Å². The third-order valence-electron chi connectivity index (χ3n) is 2.45. The number of hydrogen-bond acceptors (Lipinski definition) is 5. The third kappa shape index (κ3) is 3.05. The minimum atomic E-state index is -0.472. The van der Waals surface area contributed by atoms with Crippen molar-refractivity contribution in [2.24, 2.45) is 0 Å². The van der Waals surface area contributed by atoms with Gasteiger partial charge in [-0.15, -0.1) is 0 Å². The molecule has 0 aliphatic rings. The molecule has 0 fully saturated rings. The second kappa shape index (κ2) is 5.44. The number of non-ortho nitro benzene ring substituents is 1. The van der Waals surface area contributed by atoms with E-state index in [1.54, 1.807) is 6.07 Å². The molecule has 0 unspecified atom stereocenters. The number of H-pyrrole nitrogens is 1. The van der Waals surface area contributed by atoms with Gasteiger partial charge in [0.05, 0.1) is 22.5 Å². The van der Waals surface area contributed by atoms with Crippen molar-refractivity contribution in [3.05, 3.63) is 34.1 Å². The van der Waals surface area contributed by atoms with Crippen LogP contribution in [0.25, 0.3) is 11.0 Å². The standard InChI is InChI=1S/C11H12N4O4/c1-19-6-11(16)12-5-10-13-8-3-2-7(15(17)18)4-9(8)14-10/h2-4H,5-6H2,1H3,(H,12,16)(H,13,14). The average Bonchev–Trinajstić information content (AvgIpc) is 2.78. The number of methoxy groups -OCH3 is 1. The van der Waals surface area contributed by atoms with Gasteiger partial charge in [0, 0.05) is 19.2 Å². The summed E-state index contributed by atoms with van der Waals surface area (Å²) in [5, 5.41) is 13.2. The van der Waals surface area contributed by atoms with Crippen LogP contribution in [0.3, 0.4) is 0 Å². The van der Waals surface area contributed by atoms with Gasteiger partial charge in [0.1, 0.15) is 12.4 Å². The van der Waals surface area contributed by atoms with Gasteiger partial charge in [-0.1, -0.05) is 0 Å². The first-order valence-corrected chi connectivity index (χ1v) is 5.49. The second-order valence-corrected chi connectivity index (χ2v) is 3.85. The quantitative estimate of drug-likeness (QED) is 0.611. The summed E-state index contributed by atoms with van der Waals surface area (Å²) in [7, 11) is 1.43. The molecule has 8 nitrogen and oxygen atoms in total. The molecule has 2 rings (SSSR count). The lowest BCUT2D eigenvalue weighted by Gasteiger charge is -2.00. The lowest BCUT2D eigenvalue weighted by molar-refractivity contribution is -0.384. The topological polar surface area (TPSA) is 110 Å². The second-order valence-electron chi connectivity index (χ2n) is 3.85. The van der Waals surface area contributed by atoms with Crippen molar-refractivity contribution in [1.82, 2.24) is 15.3 Å². The molecule has 0 saturated carbocycles. The van der Waals surface area contributed by atoms with Crippen molar-refractivity contribution in [2.45, 2.75) is 6.54 Å². The minimum absolute atomic E-state index is 0.00822. The number of amides is 1. The van der Waals surface area contributed by atoms with E-state index in [0.717, 1.165) is 0 Å². The van der Waals surface area contributed by atoms with E-state index in [1.165, 1.54) is 19.2 Å². The average molecular weight is 264 g/mol. The fraction of sp³-hybridized carbons (Fsp3) is 0.273. The van der Waals surface area contributed by atoms with Gasteiger partial charge in [-0.2, -0.15) is 0 Å². The maximum Gasteiger partial charge on any atom is 0.271 e. The van der Waals surface area contributed by atoms with Crippen molar-refractivity contribution in [3.63, 3.8) is 0 Å². The van der Waals surface area contributed by atoms with Gasteiger partial charge in [-0.25, -0.2) is 4.98 Å². The number of nitro benzene ring substituents is 1. The van der Waals surface area contributed by atoms with Gasteiger partial charge in [0.2, 0.25) is 5.91 Å². The Hall–Kier alpha value is -2.48. The molecule has 2 aromatic rings. The SMILES string of the molecule is COCC(=O)NCc1nc2ccc([N+](=O)[O-])cc2[nH]1. The lowest BCUT2D eigenvalue weighted by Crippen LogP contribution is -2.26. The summed E-state index contributed by atoms with van der Waals surface area (Å²) in [5.41, 5.74) is 1.16. The number of nitro groups is 1. The fourth-order valence-corrected chi connectivity index (χ4v) is 1.61. The number of imidazole rings is 1. The minimum Gasteiger partial charge on any atom is -0.375 e. The first kappa shape index (κ1) is 13.0. The summed E-state index contributed by atoms with van der Waals surface area (Å²) in [4.78, 5) is 28.5. The van der Waals surface area contributed by atoms with E-state index in [1.807, 2.05) is 0 Å².